The number of rotatable bonds is 0. The Bertz CT molecular complexity index is 480. The lowest BCUT2D eigenvalue weighted by molar-refractivity contribution is -0.128. The summed E-state index contributed by atoms with van der Waals surface area (Å²) in [5, 5.41) is -0.0741. The van der Waals surface area contributed by atoms with Gasteiger partial charge >= 0.3 is 0 Å². The third-order valence-electron chi connectivity index (χ3n) is 4.82. The molecule has 0 aromatic carbocycles. The van der Waals surface area contributed by atoms with E-state index < -0.39 is 10.3 Å². The van der Waals surface area contributed by atoms with Crippen LogP contribution in [0.4, 0.5) is 0 Å². The van der Waals surface area contributed by atoms with E-state index in [0.717, 1.165) is 12.8 Å². The second-order valence-electron chi connectivity index (χ2n) is 5.64. The molecule has 6 heteroatoms. The van der Waals surface area contributed by atoms with E-state index in [1.54, 1.807) is 0 Å². The monoisotopic (exact) mass is 259 g/mol. The lowest BCUT2D eigenvalue weighted by Crippen LogP contribution is -2.32. The average molecular weight is 259 g/mol. The smallest absolute Gasteiger partial charge is 0.287 e. The van der Waals surface area contributed by atoms with Crippen LogP contribution in [0.25, 0.3) is 0 Å². The zero-order valence-corrected chi connectivity index (χ0v) is 11.1. The molecule has 0 aromatic rings. The number of fused-ring (bicyclic) bond motifs is 2. The maximum Gasteiger partial charge on any atom is 0.287 e. The quantitative estimate of drug-likeness (QED) is 0.516. The fraction of sp³-hybridized carbons (Fsp3) is 0.818. The summed E-state index contributed by atoms with van der Waals surface area (Å²) in [4.78, 5) is 15.6. The van der Waals surface area contributed by atoms with Crippen molar-refractivity contribution in [3.63, 3.8) is 0 Å². The van der Waals surface area contributed by atoms with Crippen LogP contribution in [0.3, 0.4) is 0 Å². The van der Waals surface area contributed by atoms with Crippen LogP contribution >= 0.6 is 0 Å². The fourth-order valence-corrected chi connectivity index (χ4v) is 3.17. The normalized spacial score (nSPS) is 36.5. The summed E-state index contributed by atoms with van der Waals surface area (Å²) in [7, 11) is -2.17. The van der Waals surface area contributed by atoms with Crippen molar-refractivity contribution < 1.29 is 18.0 Å². The van der Waals surface area contributed by atoms with Gasteiger partial charge in [0.1, 0.15) is 5.78 Å². The van der Waals surface area contributed by atoms with Gasteiger partial charge in [0.2, 0.25) is 0 Å². The predicted molar refractivity (Wildman–Crippen MR) is 62.4 cm³/mol. The van der Waals surface area contributed by atoms with Gasteiger partial charge < -0.3 is 0 Å². The molecular weight excluding hydrogens is 242 g/mol. The first kappa shape index (κ1) is 12.7. The van der Waals surface area contributed by atoms with Crippen LogP contribution in [0.15, 0.2) is 0 Å². The molecule has 0 aromatic heterocycles. The summed E-state index contributed by atoms with van der Waals surface area (Å²) < 4.78 is 19.1. The molecule has 1 heterocycles. The molecule has 96 valence electrons. The third-order valence-corrected chi connectivity index (χ3v) is 5.29. The van der Waals surface area contributed by atoms with E-state index in [9.17, 15) is 13.2 Å². The molecule has 0 amide bonds. The van der Waals surface area contributed by atoms with E-state index in [-0.39, 0.29) is 16.0 Å². The van der Waals surface area contributed by atoms with Crippen molar-refractivity contribution >= 4 is 21.3 Å². The number of ketones is 1. The minimum atomic E-state index is -2.17. The molecule has 2 aliphatic carbocycles. The van der Waals surface area contributed by atoms with Gasteiger partial charge in [-0.1, -0.05) is 20.8 Å². The average Bonchev–Trinajstić information content (AvgIpc) is 3.00. The first-order valence-electron chi connectivity index (χ1n) is 5.71. The number of hydrogen-bond donors (Lipinski definition) is 1. The predicted octanol–water partition coefficient (Wildman–Crippen LogP) is 0.889. The Morgan fingerprint density at radius 3 is 2.06 bits per heavy atom. The largest absolute Gasteiger partial charge is 0.299 e. The number of Topliss-reactive ketones (excluding diaryl/α,β-unsaturated/α-hetero) is 1. The van der Waals surface area contributed by atoms with Crippen molar-refractivity contribution in [3.8, 4) is 0 Å². The molecule has 5 nitrogen and oxygen atoms in total. The van der Waals surface area contributed by atoms with Gasteiger partial charge in [-0.05, 0) is 24.2 Å². The minimum absolute atomic E-state index is 0.0255. The van der Waals surface area contributed by atoms with Crippen molar-refractivity contribution in [3.05, 3.63) is 0 Å². The molecule has 17 heavy (non-hydrogen) atoms. The van der Waals surface area contributed by atoms with E-state index in [2.05, 4.69) is 25.6 Å². The Balaban J connectivity index is 0.000000153. The molecule has 1 saturated heterocycles. The summed E-state index contributed by atoms with van der Waals surface area (Å²) in [6, 6.07) is 0. The summed E-state index contributed by atoms with van der Waals surface area (Å²) in [5.41, 5.74) is 2.35. The highest BCUT2D eigenvalue weighted by atomic mass is 32.2. The molecule has 1 aliphatic heterocycles. The standard InChI is InChI=1S/C10H16O.CHNO3S/c1-9(2)7-4-5-10(9,3)8(11)6-7;3-6(4)1-2-5-1/h7H,4-6H2,1-3H3;2H. The van der Waals surface area contributed by atoms with Crippen LogP contribution in [0.5, 0.6) is 0 Å². The maximum atomic E-state index is 11.6. The lowest BCUT2D eigenvalue weighted by Gasteiger charge is -2.32. The van der Waals surface area contributed by atoms with Gasteiger partial charge in [-0.3, -0.25) is 4.79 Å². The molecule has 2 bridgehead atoms. The number of nitrogens with one attached hydrogen (secondary N) is 1. The first-order valence-corrected chi connectivity index (χ1v) is 6.79. The van der Waals surface area contributed by atoms with Gasteiger partial charge in [0.05, 0.1) is 0 Å². The minimum Gasteiger partial charge on any atom is -0.299 e. The van der Waals surface area contributed by atoms with Crippen LogP contribution in [-0.2, 0) is 19.9 Å². The van der Waals surface area contributed by atoms with Crippen LogP contribution in [0, 0.1) is 16.7 Å². The highest BCUT2D eigenvalue weighted by Gasteiger charge is 2.61. The summed E-state index contributed by atoms with van der Waals surface area (Å²) in [6.45, 7) is 6.67. The van der Waals surface area contributed by atoms with Crippen molar-refractivity contribution in [1.82, 2.24) is 5.48 Å². The van der Waals surface area contributed by atoms with E-state index in [1.807, 2.05) is 5.48 Å². The van der Waals surface area contributed by atoms with Gasteiger partial charge in [-0.2, -0.15) is 8.42 Å². The van der Waals surface area contributed by atoms with Crippen molar-refractivity contribution in [2.45, 2.75) is 40.0 Å². The first-order chi connectivity index (χ1) is 7.79. The molecule has 0 radical (unpaired) electrons. The lowest BCUT2D eigenvalue weighted by atomic mass is 9.70. The second-order valence-corrected chi connectivity index (χ2v) is 6.48. The van der Waals surface area contributed by atoms with Gasteiger partial charge in [0.25, 0.3) is 15.5 Å². The number of carbonyl (C=O) groups excluding carboxylic acids is 1. The summed E-state index contributed by atoms with van der Waals surface area (Å²) >= 11 is 0. The van der Waals surface area contributed by atoms with Gasteiger partial charge in [-0.25, -0.2) is 4.84 Å². The zero-order chi connectivity index (χ0) is 12.8. The third kappa shape index (κ3) is 1.94. The van der Waals surface area contributed by atoms with Gasteiger partial charge in [0.15, 0.2) is 0 Å². The Labute approximate surface area is 102 Å². The molecule has 3 rings (SSSR count). The van der Waals surface area contributed by atoms with Crippen molar-refractivity contribution in [1.29, 1.82) is 0 Å². The van der Waals surface area contributed by atoms with E-state index in [1.165, 1.54) is 6.42 Å². The van der Waals surface area contributed by atoms with E-state index >= 15 is 0 Å². The molecule has 2 atom stereocenters. The van der Waals surface area contributed by atoms with E-state index in [0.29, 0.717) is 11.7 Å². The molecule has 3 fully saturated rings. The Morgan fingerprint density at radius 1 is 1.35 bits per heavy atom. The molecule has 3 aliphatic rings. The molecular formula is C11H17NO4S. The fourth-order valence-electron chi connectivity index (χ4n) is 2.99. The van der Waals surface area contributed by atoms with Gasteiger partial charge in [-0.15, -0.1) is 5.48 Å². The molecule has 0 spiro atoms. The van der Waals surface area contributed by atoms with E-state index in [4.69, 9.17) is 0 Å². The van der Waals surface area contributed by atoms with Crippen LogP contribution in [0.2, 0.25) is 0 Å². The van der Waals surface area contributed by atoms with Crippen molar-refractivity contribution in [2.24, 2.45) is 16.7 Å². The Hall–Kier alpha value is -0.720. The number of hydrogen-bond acceptors (Lipinski definition) is 4. The SMILES string of the molecule is CC12CCC(CC1=O)C2(C)C.O=S(=O)=C1NO1. The zero-order valence-electron chi connectivity index (χ0n) is 10.2. The molecule has 1 N–H and O–H groups in total. The summed E-state index contributed by atoms with van der Waals surface area (Å²) in [5.74, 6) is 1.19. The Kier molecular flexibility index (Phi) is 2.92. The van der Waals surface area contributed by atoms with Crippen molar-refractivity contribution in [2.75, 3.05) is 0 Å². The highest BCUT2D eigenvalue weighted by Crippen LogP contribution is 2.63. The van der Waals surface area contributed by atoms with Crippen LogP contribution < -0.4 is 5.48 Å². The Morgan fingerprint density at radius 2 is 1.94 bits per heavy atom. The number of carbonyl (C=O) groups is 1. The summed E-state index contributed by atoms with van der Waals surface area (Å²) in [6.07, 6.45) is 3.25. The van der Waals surface area contributed by atoms with Gasteiger partial charge in [0, 0.05) is 11.8 Å². The van der Waals surface area contributed by atoms with Crippen LogP contribution in [0.1, 0.15) is 40.0 Å². The topological polar surface area (TPSA) is 85.7 Å². The number of hydroxylamine groups is 1. The molecule has 2 saturated carbocycles. The maximum absolute atomic E-state index is 11.6. The van der Waals surface area contributed by atoms with Crippen LogP contribution in [-0.4, -0.2) is 19.4 Å². The second kappa shape index (κ2) is 3.90. The molecule has 2 unspecified atom stereocenters. The highest BCUT2D eigenvalue weighted by molar-refractivity contribution is 7.72.